The lowest BCUT2D eigenvalue weighted by atomic mass is 9.92. The molecule has 6 heteroatoms. The van der Waals surface area contributed by atoms with Crippen LogP contribution in [0.25, 0.3) is 0 Å². The van der Waals surface area contributed by atoms with Crippen LogP contribution < -0.4 is 10.6 Å². The maximum absolute atomic E-state index is 4.42. The van der Waals surface area contributed by atoms with E-state index >= 15 is 0 Å². The van der Waals surface area contributed by atoms with Crippen LogP contribution in [0.3, 0.4) is 0 Å². The summed E-state index contributed by atoms with van der Waals surface area (Å²) < 4.78 is 4.09. The van der Waals surface area contributed by atoms with Gasteiger partial charge in [0.05, 0.1) is 12.4 Å². The zero-order valence-electron chi connectivity index (χ0n) is 12.4. The summed E-state index contributed by atoms with van der Waals surface area (Å²) in [5, 5.41) is 16.0. The number of anilines is 1. The van der Waals surface area contributed by atoms with Gasteiger partial charge in [-0.25, -0.2) is 4.68 Å². The first-order valence-electron chi connectivity index (χ1n) is 7.81. The fraction of sp³-hybridized carbons (Fsp3) is 0.600. The molecule has 21 heavy (non-hydrogen) atoms. The summed E-state index contributed by atoms with van der Waals surface area (Å²) in [6.45, 7) is 3.03. The van der Waals surface area contributed by atoms with Gasteiger partial charge < -0.3 is 10.6 Å². The van der Waals surface area contributed by atoms with E-state index in [2.05, 4.69) is 25.5 Å². The van der Waals surface area contributed by atoms with Gasteiger partial charge in [0, 0.05) is 56.0 Å². The van der Waals surface area contributed by atoms with Gasteiger partial charge in [-0.2, -0.15) is 10.2 Å². The molecule has 2 aromatic heterocycles. The van der Waals surface area contributed by atoms with E-state index in [4.69, 9.17) is 0 Å². The third-order valence-corrected chi connectivity index (χ3v) is 4.75. The second-order valence-electron chi connectivity index (χ2n) is 6.17. The van der Waals surface area contributed by atoms with Crippen molar-refractivity contribution in [2.75, 3.05) is 18.4 Å². The van der Waals surface area contributed by atoms with Crippen LogP contribution in [0.5, 0.6) is 0 Å². The van der Waals surface area contributed by atoms with Crippen LogP contribution in [0.2, 0.25) is 0 Å². The molecule has 2 aliphatic rings. The topological polar surface area (TPSA) is 59.7 Å². The molecule has 2 aromatic rings. The Hall–Kier alpha value is -1.82. The lowest BCUT2D eigenvalue weighted by Gasteiger charge is -2.29. The second-order valence-corrected chi connectivity index (χ2v) is 6.17. The summed E-state index contributed by atoms with van der Waals surface area (Å²) >= 11 is 0. The molecule has 112 valence electrons. The highest BCUT2D eigenvalue weighted by Crippen LogP contribution is 2.29. The summed E-state index contributed by atoms with van der Waals surface area (Å²) in [5.74, 6) is 1.72. The van der Waals surface area contributed by atoms with Gasteiger partial charge >= 0.3 is 0 Å². The molecule has 0 saturated carbocycles. The molecule has 0 unspecified atom stereocenters. The molecule has 0 fully saturated rings. The standard InChI is InChI=1S/C15H22N6/c1-20-14-4-2-3-13(12(14)9-19-20)16-7-11-8-17-15-5-6-18-21(15)10-11/h5-6,9,11,13,16-17H,2-4,7-8,10H2,1H3/t11-,13-/m0/s1. The van der Waals surface area contributed by atoms with Gasteiger partial charge in [0.1, 0.15) is 5.82 Å². The number of nitrogens with one attached hydrogen (secondary N) is 2. The number of aromatic nitrogens is 4. The van der Waals surface area contributed by atoms with Crippen LogP contribution in [-0.2, 0) is 20.0 Å². The molecular weight excluding hydrogens is 264 g/mol. The number of rotatable bonds is 3. The monoisotopic (exact) mass is 286 g/mol. The highest BCUT2D eigenvalue weighted by Gasteiger charge is 2.25. The van der Waals surface area contributed by atoms with Crippen molar-refractivity contribution in [3.8, 4) is 0 Å². The first-order valence-corrected chi connectivity index (χ1v) is 7.81. The van der Waals surface area contributed by atoms with E-state index in [1.54, 1.807) is 0 Å². The van der Waals surface area contributed by atoms with Crippen LogP contribution >= 0.6 is 0 Å². The predicted octanol–water partition coefficient (Wildman–Crippen LogP) is 1.33. The molecule has 2 atom stereocenters. The van der Waals surface area contributed by atoms with Gasteiger partial charge in [-0.05, 0) is 19.3 Å². The van der Waals surface area contributed by atoms with Gasteiger partial charge in [-0.1, -0.05) is 0 Å². The largest absolute Gasteiger partial charge is 0.370 e. The molecule has 0 amide bonds. The van der Waals surface area contributed by atoms with Gasteiger partial charge in [-0.3, -0.25) is 4.68 Å². The van der Waals surface area contributed by atoms with Crippen molar-refractivity contribution in [2.45, 2.75) is 31.8 Å². The van der Waals surface area contributed by atoms with E-state index < -0.39 is 0 Å². The Balaban J connectivity index is 1.40. The molecule has 0 radical (unpaired) electrons. The van der Waals surface area contributed by atoms with E-state index in [1.165, 1.54) is 24.1 Å². The van der Waals surface area contributed by atoms with Gasteiger partial charge in [0.2, 0.25) is 0 Å². The van der Waals surface area contributed by atoms with Crippen LogP contribution in [0, 0.1) is 5.92 Å². The Labute approximate surface area is 124 Å². The number of fused-ring (bicyclic) bond motifs is 2. The minimum Gasteiger partial charge on any atom is -0.370 e. The molecule has 4 rings (SSSR count). The highest BCUT2D eigenvalue weighted by atomic mass is 15.3. The fourth-order valence-corrected chi connectivity index (χ4v) is 3.55. The maximum Gasteiger partial charge on any atom is 0.124 e. The Kier molecular flexibility index (Phi) is 3.18. The smallest absolute Gasteiger partial charge is 0.124 e. The first kappa shape index (κ1) is 12.9. The Bertz CT molecular complexity index is 628. The minimum absolute atomic E-state index is 0.460. The number of hydrogen-bond donors (Lipinski definition) is 2. The zero-order valence-corrected chi connectivity index (χ0v) is 12.4. The molecular formula is C15H22N6. The fourth-order valence-electron chi connectivity index (χ4n) is 3.55. The molecule has 6 nitrogen and oxygen atoms in total. The molecule has 0 saturated heterocycles. The van der Waals surface area contributed by atoms with Crippen LogP contribution in [0.4, 0.5) is 5.82 Å². The maximum atomic E-state index is 4.42. The summed E-state index contributed by atoms with van der Waals surface area (Å²) in [6.07, 6.45) is 7.52. The Morgan fingerprint density at radius 2 is 2.38 bits per heavy atom. The van der Waals surface area contributed by atoms with Crippen molar-refractivity contribution in [1.82, 2.24) is 24.9 Å². The average Bonchev–Trinajstić information content (AvgIpc) is 3.12. The van der Waals surface area contributed by atoms with E-state index in [9.17, 15) is 0 Å². The van der Waals surface area contributed by atoms with Crippen LogP contribution in [-0.4, -0.2) is 32.7 Å². The van der Waals surface area contributed by atoms with Gasteiger partial charge in [0.25, 0.3) is 0 Å². The quantitative estimate of drug-likeness (QED) is 0.893. The molecule has 0 spiro atoms. The third kappa shape index (κ3) is 2.33. The van der Waals surface area contributed by atoms with E-state index in [-0.39, 0.29) is 0 Å². The zero-order chi connectivity index (χ0) is 14.2. The van der Waals surface area contributed by atoms with Gasteiger partial charge in [-0.15, -0.1) is 0 Å². The highest BCUT2D eigenvalue weighted by molar-refractivity contribution is 5.35. The minimum atomic E-state index is 0.460. The molecule has 0 aromatic carbocycles. The van der Waals surface area contributed by atoms with Crippen molar-refractivity contribution in [2.24, 2.45) is 13.0 Å². The third-order valence-electron chi connectivity index (χ3n) is 4.75. The van der Waals surface area contributed by atoms with Crippen molar-refractivity contribution >= 4 is 5.82 Å². The van der Waals surface area contributed by atoms with Crippen molar-refractivity contribution < 1.29 is 0 Å². The Morgan fingerprint density at radius 3 is 3.33 bits per heavy atom. The number of hydrogen-bond acceptors (Lipinski definition) is 4. The predicted molar refractivity (Wildman–Crippen MR) is 81.1 cm³/mol. The SMILES string of the molecule is Cn1ncc2c1CCC[C@@H]2NC[C@H]1CNc2ccnn2C1. The van der Waals surface area contributed by atoms with Crippen molar-refractivity contribution in [1.29, 1.82) is 0 Å². The van der Waals surface area contributed by atoms with E-state index in [0.717, 1.165) is 31.9 Å². The van der Waals surface area contributed by atoms with E-state index in [0.29, 0.717) is 12.0 Å². The molecule has 1 aliphatic carbocycles. The summed E-state index contributed by atoms with van der Waals surface area (Å²) in [4.78, 5) is 0. The molecule has 0 bridgehead atoms. The van der Waals surface area contributed by atoms with Crippen molar-refractivity contribution in [3.05, 3.63) is 29.7 Å². The molecule has 1 aliphatic heterocycles. The van der Waals surface area contributed by atoms with Crippen molar-refractivity contribution in [3.63, 3.8) is 0 Å². The summed E-state index contributed by atoms with van der Waals surface area (Å²) in [5.41, 5.74) is 2.79. The molecule has 3 heterocycles. The second kappa shape index (κ2) is 5.18. The van der Waals surface area contributed by atoms with Gasteiger partial charge in [0.15, 0.2) is 0 Å². The average molecular weight is 286 g/mol. The number of nitrogens with zero attached hydrogens (tertiary/aromatic N) is 4. The number of aryl methyl sites for hydroxylation is 1. The molecule has 2 N–H and O–H groups in total. The normalized spacial score (nSPS) is 24.2. The lowest BCUT2D eigenvalue weighted by Crippen LogP contribution is -2.37. The Morgan fingerprint density at radius 1 is 1.43 bits per heavy atom. The summed E-state index contributed by atoms with van der Waals surface area (Å²) in [7, 11) is 2.05. The van der Waals surface area contributed by atoms with E-state index in [1.807, 2.05) is 30.2 Å². The lowest BCUT2D eigenvalue weighted by molar-refractivity contribution is 0.355. The first-order chi connectivity index (χ1) is 10.3. The summed E-state index contributed by atoms with van der Waals surface area (Å²) in [6, 6.07) is 2.49. The van der Waals surface area contributed by atoms with Crippen LogP contribution in [0.1, 0.15) is 30.1 Å². The van der Waals surface area contributed by atoms with Crippen LogP contribution in [0.15, 0.2) is 18.5 Å².